The minimum absolute atomic E-state index is 0.0408. The number of hydrogen-bond acceptors (Lipinski definition) is 5. The van der Waals surface area contributed by atoms with Gasteiger partial charge in [-0.3, -0.25) is 4.57 Å². The fourth-order valence-electron chi connectivity index (χ4n) is 3.01. The van der Waals surface area contributed by atoms with Crippen LogP contribution in [0.1, 0.15) is 19.3 Å². The molecule has 4 aromatic rings. The van der Waals surface area contributed by atoms with Crippen molar-refractivity contribution in [3.05, 3.63) is 60.1 Å². The Morgan fingerprint density at radius 2 is 1.83 bits per heavy atom. The first-order valence-electron chi connectivity index (χ1n) is 8.69. The predicted molar refractivity (Wildman–Crippen MR) is 108 cm³/mol. The number of fused-ring (bicyclic) bond motifs is 2. The Bertz CT molecular complexity index is 1240. The second-order valence-corrected chi connectivity index (χ2v) is 7.57. The Hall–Kier alpha value is -3.38. The molecule has 1 atom stereocenters. The number of nitriles is 1. The van der Waals surface area contributed by atoms with Crippen LogP contribution in [0.2, 0.25) is 0 Å². The van der Waals surface area contributed by atoms with Gasteiger partial charge in [0.25, 0.3) is 0 Å². The van der Waals surface area contributed by atoms with Crippen molar-refractivity contribution in [2.24, 2.45) is 0 Å². The number of nitrogens with zero attached hydrogens (tertiary/aromatic N) is 4. The van der Waals surface area contributed by atoms with Crippen LogP contribution in [0.4, 0.5) is 8.78 Å². The molecular formula is C20H15F2N5OS. The van der Waals surface area contributed by atoms with E-state index in [4.69, 9.17) is 0 Å². The first kappa shape index (κ1) is 19.0. The van der Waals surface area contributed by atoms with Gasteiger partial charge in [-0.25, -0.2) is 9.97 Å². The molecule has 0 amide bonds. The van der Waals surface area contributed by atoms with Gasteiger partial charge in [0.2, 0.25) is 0 Å². The van der Waals surface area contributed by atoms with Crippen molar-refractivity contribution in [1.82, 2.24) is 19.5 Å². The Labute approximate surface area is 168 Å². The average Bonchev–Trinajstić information content (AvgIpc) is 3.29. The van der Waals surface area contributed by atoms with Gasteiger partial charge in [0.1, 0.15) is 17.4 Å². The first-order valence-corrected chi connectivity index (χ1v) is 9.57. The second kappa shape index (κ2) is 7.56. The SMILES string of the molecule is CC(Sc1nc2ccccc2n1C(F)F)/C(O)=C(\C#N)c1nc2ccccc2[nH]1. The highest BCUT2D eigenvalue weighted by molar-refractivity contribution is 8.00. The monoisotopic (exact) mass is 411 g/mol. The van der Waals surface area contributed by atoms with E-state index in [2.05, 4.69) is 15.0 Å². The van der Waals surface area contributed by atoms with E-state index in [1.54, 1.807) is 43.3 Å². The third-order valence-electron chi connectivity index (χ3n) is 4.42. The lowest BCUT2D eigenvalue weighted by Gasteiger charge is -2.13. The van der Waals surface area contributed by atoms with Gasteiger partial charge < -0.3 is 10.1 Å². The molecule has 4 rings (SSSR count). The summed E-state index contributed by atoms with van der Waals surface area (Å²) in [6.07, 6.45) is 0. The highest BCUT2D eigenvalue weighted by Gasteiger charge is 2.24. The molecule has 0 spiro atoms. The number of hydrogen-bond donors (Lipinski definition) is 2. The average molecular weight is 411 g/mol. The third-order valence-corrected chi connectivity index (χ3v) is 5.50. The predicted octanol–water partition coefficient (Wildman–Crippen LogP) is 5.28. The standard InChI is InChI=1S/C20H15F2N5OS/c1-11(29-20-26-15-8-4-5-9-16(15)27(20)19(21)22)17(28)12(10-23)18-24-13-6-2-3-7-14(13)25-18/h2-9,11,19,28H,1H3,(H,24,25)/b17-12-. The summed E-state index contributed by atoms with van der Waals surface area (Å²) in [5.41, 5.74) is 2.08. The smallest absolute Gasteiger partial charge is 0.321 e. The van der Waals surface area contributed by atoms with Gasteiger partial charge >= 0.3 is 6.55 Å². The van der Waals surface area contributed by atoms with Gasteiger partial charge in [-0.2, -0.15) is 14.0 Å². The molecule has 2 N–H and O–H groups in total. The van der Waals surface area contributed by atoms with Crippen LogP contribution in [-0.2, 0) is 0 Å². The Balaban J connectivity index is 1.72. The Morgan fingerprint density at radius 1 is 1.14 bits per heavy atom. The van der Waals surface area contributed by atoms with E-state index >= 15 is 0 Å². The van der Waals surface area contributed by atoms with Crippen molar-refractivity contribution in [2.45, 2.75) is 23.9 Å². The molecule has 0 saturated carbocycles. The number of aromatic amines is 1. The van der Waals surface area contributed by atoms with Crippen molar-refractivity contribution in [1.29, 1.82) is 5.26 Å². The molecule has 1 unspecified atom stereocenters. The van der Waals surface area contributed by atoms with E-state index in [0.717, 1.165) is 21.8 Å². The summed E-state index contributed by atoms with van der Waals surface area (Å²) in [5, 5.41) is 19.6. The van der Waals surface area contributed by atoms with E-state index in [9.17, 15) is 19.1 Å². The van der Waals surface area contributed by atoms with E-state index in [0.29, 0.717) is 16.6 Å². The minimum Gasteiger partial charge on any atom is -0.510 e. The normalized spacial score (nSPS) is 13.6. The molecule has 2 aromatic heterocycles. The Kier molecular flexibility index (Phi) is 4.94. The number of nitrogens with one attached hydrogen (secondary N) is 1. The summed E-state index contributed by atoms with van der Waals surface area (Å²) < 4.78 is 28.1. The maximum absolute atomic E-state index is 13.6. The molecule has 0 bridgehead atoms. The summed E-state index contributed by atoms with van der Waals surface area (Å²) in [5.74, 6) is -0.0366. The number of alkyl halides is 2. The molecule has 0 aliphatic carbocycles. The molecular weight excluding hydrogens is 396 g/mol. The first-order chi connectivity index (χ1) is 14.0. The number of rotatable bonds is 5. The zero-order chi connectivity index (χ0) is 20.5. The van der Waals surface area contributed by atoms with Crippen molar-refractivity contribution >= 4 is 39.4 Å². The molecule has 2 heterocycles. The lowest BCUT2D eigenvalue weighted by Crippen LogP contribution is -2.08. The minimum atomic E-state index is -2.78. The molecule has 9 heteroatoms. The molecule has 0 saturated heterocycles. The fourth-order valence-corrected chi connectivity index (χ4v) is 4.00. The molecule has 146 valence electrons. The van der Waals surface area contributed by atoms with E-state index in [1.807, 2.05) is 18.2 Å². The van der Waals surface area contributed by atoms with Crippen molar-refractivity contribution < 1.29 is 13.9 Å². The number of aromatic nitrogens is 4. The van der Waals surface area contributed by atoms with E-state index in [-0.39, 0.29) is 22.3 Å². The number of H-pyrrole nitrogens is 1. The van der Waals surface area contributed by atoms with Gasteiger partial charge in [0.15, 0.2) is 11.0 Å². The second-order valence-electron chi connectivity index (χ2n) is 6.27. The largest absolute Gasteiger partial charge is 0.510 e. The number of aliphatic hydroxyl groups excluding tert-OH is 1. The lowest BCUT2D eigenvalue weighted by atomic mass is 10.2. The summed E-state index contributed by atoms with van der Waals surface area (Å²) in [6.45, 7) is -1.16. The Morgan fingerprint density at radius 3 is 2.52 bits per heavy atom. The summed E-state index contributed by atoms with van der Waals surface area (Å²) in [7, 11) is 0. The van der Waals surface area contributed by atoms with Gasteiger partial charge in [-0.05, 0) is 31.2 Å². The van der Waals surface area contributed by atoms with Gasteiger partial charge in [-0.15, -0.1) is 0 Å². The van der Waals surface area contributed by atoms with Gasteiger partial charge in [-0.1, -0.05) is 36.0 Å². The highest BCUT2D eigenvalue weighted by Crippen LogP contribution is 2.34. The molecule has 0 aliphatic rings. The molecule has 0 fully saturated rings. The molecule has 2 aromatic carbocycles. The van der Waals surface area contributed by atoms with Crippen LogP contribution in [-0.4, -0.2) is 29.9 Å². The van der Waals surface area contributed by atoms with Crippen LogP contribution in [0.3, 0.4) is 0 Å². The lowest BCUT2D eigenvalue weighted by molar-refractivity contribution is 0.0656. The van der Waals surface area contributed by atoms with Gasteiger partial charge in [0, 0.05) is 0 Å². The quantitative estimate of drug-likeness (QED) is 0.265. The van der Waals surface area contributed by atoms with Crippen molar-refractivity contribution in [3.8, 4) is 6.07 Å². The zero-order valence-corrected chi connectivity index (χ0v) is 16.0. The molecule has 29 heavy (non-hydrogen) atoms. The maximum Gasteiger partial charge on any atom is 0.321 e. The topological polar surface area (TPSA) is 90.5 Å². The summed E-state index contributed by atoms with van der Waals surface area (Å²) >= 11 is 0.949. The van der Waals surface area contributed by atoms with Gasteiger partial charge in [0.05, 0.1) is 27.3 Å². The van der Waals surface area contributed by atoms with E-state index < -0.39 is 11.8 Å². The number of imidazole rings is 2. The number of benzene rings is 2. The summed E-state index contributed by atoms with van der Waals surface area (Å²) in [4.78, 5) is 11.6. The van der Waals surface area contributed by atoms with Crippen LogP contribution >= 0.6 is 11.8 Å². The fraction of sp³-hybridized carbons (Fsp3) is 0.150. The van der Waals surface area contributed by atoms with Crippen LogP contribution in [0, 0.1) is 11.3 Å². The molecule has 6 nitrogen and oxygen atoms in total. The zero-order valence-electron chi connectivity index (χ0n) is 15.2. The summed E-state index contributed by atoms with van der Waals surface area (Å²) in [6, 6.07) is 15.8. The molecule has 0 aliphatic heterocycles. The number of halogens is 2. The van der Waals surface area contributed by atoms with Crippen molar-refractivity contribution in [3.63, 3.8) is 0 Å². The number of para-hydroxylation sites is 4. The van der Waals surface area contributed by atoms with Crippen LogP contribution in [0.25, 0.3) is 27.6 Å². The maximum atomic E-state index is 13.6. The number of thioether (sulfide) groups is 1. The van der Waals surface area contributed by atoms with Crippen molar-refractivity contribution in [2.75, 3.05) is 0 Å². The highest BCUT2D eigenvalue weighted by atomic mass is 32.2. The molecule has 0 radical (unpaired) electrons. The van der Waals surface area contributed by atoms with Crippen LogP contribution in [0.15, 0.2) is 59.4 Å². The number of aliphatic hydroxyl groups is 1. The number of allylic oxidation sites excluding steroid dienone is 1. The van der Waals surface area contributed by atoms with Crippen LogP contribution < -0.4 is 0 Å². The third kappa shape index (κ3) is 3.43. The van der Waals surface area contributed by atoms with Crippen LogP contribution in [0.5, 0.6) is 0 Å². The van der Waals surface area contributed by atoms with E-state index in [1.165, 1.54) is 0 Å².